The topological polar surface area (TPSA) is 119 Å². The molecule has 0 saturated heterocycles. The number of hydrogen-bond acceptors (Lipinski definition) is 7. The molecule has 37 heavy (non-hydrogen) atoms. The van der Waals surface area contributed by atoms with Crippen LogP contribution in [-0.2, 0) is 30.4 Å². The van der Waals surface area contributed by atoms with Crippen molar-refractivity contribution in [3.8, 4) is 17.5 Å². The molecular formula is C28H23N7O2. The Kier molecular flexibility index (Phi) is 5.39. The maximum atomic E-state index is 12.9. The average Bonchev–Trinajstić information content (AvgIpc) is 3.31. The minimum absolute atomic E-state index is 0.232. The second kappa shape index (κ2) is 8.76. The fourth-order valence-electron chi connectivity index (χ4n) is 4.60. The third kappa shape index (κ3) is 4.07. The lowest BCUT2D eigenvalue weighted by Gasteiger charge is -2.30. The minimum Gasteiger partial charge on any atom is -0.375 e. The highest BCUT2D eigenvalue weighted by atomic mass is 16.5. The first-order valence-corrected chi connectivity index (χ1v) is 11.9. The van der Waals surface area contributed by atoms with Crippen molar-refractivity contribution < 1.29 is 9.53 Å². The summed E-state index contributed by atoms with van der Waals surface area (Å²) in [6.45, 7) is 2.82. The number of nitrogens with one attached hydrogen (secondary N) is 1. The summed E-state index contributed by atoms with van der Waals surface area (Å²) in [4.78, 5) is 31.4. The summed E-state index contributed by atoms with van der Waals surface area (Å²) < 4.78 is 7.48. The molecule has 1 amide bonds. The summed E-state index contributed by atoms with van der Waals surface area (Å²) in [5.74, 6) is -0.232. The third-order valence-corrected chi connectivity index (χ3v) is 6.76. The average molecular weight is 490 g/mol. The van der Waals surface area contributed by atoms with E-state index in [-0.39, 0.29) is 12.5 Å². The van der Waals surface area contributed by atoms with E-state index in [1.807, 2.05) is 55.1 Å². The number of amides is 1. The number of hydrogen-bond donors (Lipinski definition) is 1. The molecule has 5 aromatic rings. The van der Waals surface area contributed by atoms with E-state index in [0.717, 1.165) is 33.2 Å². The van der Waals surface area contributed by atoms with Gasteiger partial charge in [-0.15, -0.1) is 0 Å². The van der Waals surface area contributed by atoms with Gasteiger partial charge in [0, 0.05) is 30.4 Å². The normalized spacial score (nSPS) is 16.9. The lowest BCUT2D eigenvalue weighted by Crippen LogP contribution is -2.33. The highest BCUT2D eigenvalue weighted by Crippen LogP contribution is 2.32. The summed E-state index contributed by atoms with van der Waals surface area (Å²) in [5.41, 5.74) is 5.95. The molecule has 0 fully saturated rings. The van der Waals surface area contributed by atoms with Gasteiger partial charge in [0.2, 0.25) is 0 Å². The van der Waals surface area contributed by atoms with Crippen molar-refractivity contribution in [3.05, 3.63) is 83.4 Å². The predicted molar refractivity (Wildman–Crippen MR) is 137 cm³/mol. The van der Waals surface area contributed by atoms with Crippen LogP contribution in [0.15, 0.2) is 61.1 Å². The number of carbonyl (C=O) groups is 1. The van der Waals surface area contributed by atoms with Crippen molar-refractivity contribution in [2.75, 3.05) is 6.61 Å². The Morgan fingerprint density at radius 1 is 1.11 bits per heavy atom. The van der Waals surface area contributed by atoms with Crippen LogP contribution in [0, 0.1) is 11.3 Å². The molecule has 0 saturated carbocycles. The van der Waals surface area contributed by atoms with Gasteiger partial charge in [0.1, 0.15) is 16.6 Å². The van der Waals surface area contributed by atoms with Crippen molar-refractivity contribution in [3.63, 3.8) is 0 Å². The molecule has 0 radical (unpaired) electrons. The molecular weight excluding hydrogens is 466 g/mol. The van der Waals surface area contributed by atoms with Gasteiger partial charge >= 0.3 is 0 Å². The van der Waals surface area contributed by atoms with Crippen molar-refractivity contribution in [2.45, 2.75) is 25.5 Å². The zero-order chi connectivity index (χ0) is 25.6. The fraction of sp³-hybridized carbons (Fsp3) is 0.214. The fourth-order valence-corrected chi connectivity index (χ4v) is 4.60. The molecule has 9 nitrogen and oxygen atoms in total. The maximum Gasteiger partial charge on any atom is 0.251 e. The standard InChI is InChI=1S/C28H23N7O2/c1-28(15-29)16-37-14-19-4-3-17(9-21(19)28)27(36)32-12-20-10-24-18(11-30-20)5-6-22(33-24)25-13-31-23-7-8-35(2)26(23)34-25/h3-11,13H,12,14,16H2,1-2H3,(H,32,36)/t28-/m1/s1. The SMILES string of the molecule is Cn1ccc2ncc(-c3ccc4cnc(CNC(=O)c5ccc6c(c5)[C@](C)(C#N)COC6)cc4n3)nc21. The van der Waals surface area contributed by atoms with Crippen molar-refractivity contribution in [1.29, 1.82) is 5.26 Å². The van der Waals surface area contributed by atoms with Gasteiger partial charge in [-0.1, -0.05) is 6.07 Å². The first kappa shape index (κ1) is 22.8. The second-order valence-electron chi connectivity index (χ2n) is 9.45. The Bertz CT molecular complexity index is 1740. The highest BCUT2D eigenvalue weighted by Gasteiger charge is 2.33. The van der Waals surface area contributed by atoms with E-state index in [1.165, 1.54) is 0 Å². The Hall–Kier alpha value is -4.68. The number of fused-ring (bicyclic) bond motifs is 3. The quantitative estimate of drug-likeness (QED) is 0.408. The molecule has 1 aromatic carbocycles. The van der Waals surface area contributed by atoms with E-state index in [9.17, 15) is 10.1 Å². The Morgan fingerprint density at radius 2 is 2.00 bits per heavy atom. The highest BCUT2D eigenvalue weighted by molar-refractivity contribution is 5.94. The molecule has 1 aliphatic rings. The lowest BCUT2D eigenvalue weighted by atomic mass is 9.79. The predicted octanol–water partition coefficient (Wildman–Crippen LogP) is 3.82. The van der Waals surface area contributed by atoms with Crippen LogP contribution in [0.1, 0.15) is 34.1 Å². The van der Waals surface area contributed by atoms with Gasteiger partial charge in [-0.2, -0.15) is 5.26 Å². The zero-order valence-corrected chi connectivity index (χ0v) is 20.4. The molecule has 0 aliphatic carbocycles. The number of aromatic nitrogens is 5. The third-order valence-electron chi connectivity index (χ3n) is 6.76. The Balaban J connectivity index is 1.23. The summed E-state index contributed by atoms with van der Waals surface area (Å²) in [6.07, 6.45) is 5.40. The maximum absolute atomic E-state index is 12.9. The van der Waals surface area contributed by atoms with Crippen molar-refractivity contribution in [1.82, 2.24) is 29.8 Å². The second-order valence-corrected chi connectivity index (χ2v) is 9.45. The summed E-state index contributed by atoms with van der Waals surface area (Å²) >= 11 is 0. The van der Waals surface area contributed by atoms with E-state index in [4.69, 9.17) is 14.7 Å². The lowest BCUT2D eigenvalue weighted by molar-refractivity contribution is 0.0757. The van der Waals surface area contributed by atoms with Gasteiger partial charge in [-0.05, 0) is 54.4 Å². The largest absolute Gasteiger partial charge is 0.375 e. The number of ether oxygens (including phenoxy) is 1. The summed E-state index contributed by atoms with van der Waals surface area (Å²) in [7, 11) is 1.93. The molecule has 0 spiro atoms. The van der Waals surface area contributed by atoms with Gasteiger partial charge in [0.15, 0.2) is 5.65 Å². The molecule has 5 heterocycles. The van der Waals surface area contributed by atoms with Crippen LogP contribution in [0.4, 0.5) is 0 Å². The van der Waals surface area contributed by atoms with Gasteiger partial charge in [-0.3, -0.25) is 14.8 Å². The van der Waals surface area contributed by atoms with Gasteiger partial charge < -0.3 is 14.6 Å². The molecule has 6 rings (SSSR count). The smallest absolute Gasteiger partial charge is 0.251 e. The summed E-state index contributed by atoms with van der Waals surface area (Å²) in [5, 5.41) is 13.5. The Morgan fingerprint density at radius 3 is 2.86 bits per heavy atom. The zero-order valence-electron chi connectivity index (χ0n) is 20.4. The number of rotatable bonds is 4. The van der Waals surface area contributed by atoms with E-state index in [0.29, 0.717) is 35.9 Å². The number of carbonyl (C=O) groups excluding carboxylic acids is 1. The van der Waals surface area contributed by atoms with Crippen LogP contribution in [0.5, 0.6) is 0 Å². The summed E-state index contributed by atoms with van der Waals surface area (Å²) in [6, 6.07) is 15.4. The number of nitriles is 1. The number of nitrogens with zero attached hydrogens (tertiary/aromatic N) is 6. The molecule has 0 unspecified atom stereocenters. The van der Waals surface area contributed by atoms with Gasteiger partial charge in [-0.25, -0.2) is 9.97 Å². The van der Waals surface area contributed by atoms with E-state index < -0.39 is 5.41 Å². The monoisotopic (exact) mass is 489 g/mol. The van der Waals surface area contributed by atoms with Crippen LogP contribution in [0.25, 0.3) is 33.5 Å². The Labute approximate surface area is 212 Å². The first-order valence-electron chi connectivity index (χ1n) is 11.9. The van der Waals surface area contributed by atoms with Crippen LogP contribution in [0.3, 0.4) is 0 Å². The van der Waals surface area contributed by atoms with Gasteiger partial charge in [0.05, 0.1) is 48.9 Å². The molecule has 1 aliphatic heterocycles. The van der Waals surface area contributed by atoms with E-state index in [1.54, 1.807) is 24.5 Å². The van der Waals surface area contributed by atoms with Crippen LogP contribution < -0.4 is 5.32 Å². The molecule has 182 valence electrons. The van der Waals surface area contributed by atoms with E-state index >= 15 is 0 Å². The first-order chi connectivity index (χ1) is 17.9. The number of aryl methyl sites for hydroxylation is 1. The van der Waals surface area contributed by atoms with Crippen LogP contribution in [-0.4, -0.2) is 37.0 Å². The molecule has 4 aromatic heterocycles. The van der Waals surface area contributed by atoms with E-state index in [2.05, 4.69) is 21.4 Å². The van der Waals surface area contributed by atoms with Crippen LogP contribution >= 0.6 is 0 Å². The van der Waals surface area contributed by atoms with Crippen molar-refractivity contribution >= 4 is 28.0 Å². The number of pyridine rings is 2. The van der Waals surface area contributed by atoms with Crippen molar-refractivity contribution in [2.24, 2.45) is 7.05 Å². The number of benzene rings is 1. The van der Waals surface area contributed by atoms with Gasteiger partial charge in [0.25, 0.3) is 5.91 Å². The molecule has 1 N–H and O–H groups in total. The minimum atomic E-state index is -0.776. The molecule has 9 heteroatoms. The molecule has 1 atom stereocenters. The molecule has 0 bridgehead atoms. The van der Waals surface area contributed by atoms with Crippen LogP contribution in [0.2, 0.25) is 0 Å².